The number of rotatable bonds is 9. The van der Waals surface area contributed by atoms with E-state index in [1.807, 2.05) is 0 Å². The van der Waals surface area contributed by atoms with Gasteiger partial charge in [-0.15, -0.1) is 0 Å². The molecule has 0 saturated carbocycles. The Hall–Kier alpha value is -1.25. The summed E-state index contributed by atoms with van der Waals surface area (Å²) >= 11 is 4.35. The van der Waals surface area contributed by atoms with E-state index in [-0.39, 0.29) is 0 Å². The fourth-order valence-corrected chi connectivity index (χ4v) is 3.11. The van der Waals surface area contributed by atoms with E-state index in [2.05, 4.69) is 85.1 Å². The van der Waals surface area contributed by atoms with Crippen molar-refractivity contribution >= 4 is 12.6 Å². The minimum Gasteiger partial charge on any atom is -0.295 e. The molecule has 2 heteroatoms. The van der Waals surface area contributed by atoms with Gasteiger partial charge in [0.1, 0.15) is 0 Å². The molecule has 0 spiro atoms. The summed E-state index contributed by atoms with van der Waals surface area (Å²) in [7, 11) is 0. The third kappa shape index (κ3) is 6.25. The molecular weight excluding hydrogens is 286 g/mol. The van der Waals surface area contributed by atoms with Crippen LogP contribution in [0.15, 0.2) is 60.7 Å². The van der Waals surface area contributed by atoms with Gasteiger partial charge in [0.05, 0.1) is 0 Å². The van der Waals surface area contributed by atoms with Crippen LogP contribution in [0.5, 0.6) is 0 Å². The first kappa shape index (κ1) is 17.1. The van der Waals surface area contributed by atoms with Gasteiger partial charge in [-0.1, -0.05) is 67.6 Å². The first-order valence-electron chi connectivity index (χ1n) is 8.19. The molecule has 22 heavy (non-hydrogen) atoms. The van der Waals surface area contributed by atoms with Gasteiger partial charge in [0.15, 0.2) is 0 Å². The Kier molecular flexibility index (Phi) is 7.55. The lowest BCUT2D eigenvalue weighted by Crippen LogP contribution is -2.25. The average Bonchev–Trinajstić information content (AvgIpc) is 2.55. The number of nitrogens with zero attached hydrogens (tertiary/aromatic N) is 1. The van der Waals surface area contributed by atoms with Crippen molar-refractivity contribution in [3.8, 4) is 0 Å². The number of hydrogen-bond acceptors (Lipinski definition) is 2. The van der Waals surface area contributed by atoms with E-state index in [9.17, 15) is 0 Å². The molecule has 0 amide bonds. The molecule has 118 valence electrons. The zero-order valence-corrected chi connectivity index (χ0v) is 14.4. The van der Waals surface area contributed by atoms with E-state index < -0.39 is 0 Å². The summed E-state index contributed by atoms with van der Waals surface area (Å²) in [4.78, 5) is 2.56. The molecule has 2 rings (SSSR count). The Morgan fingerprint density at radius 1 is 0.818 bits per heavy atom. The van der Waals surface area contributed by atoms with E-state index in [0.717, 1.165) is 31.3 Å². The molecular formula is C20H27NS. The van der Waals surface area contributed by atoms with Crippen LogP contribution in [0.25, 0.3) is 0 Å². The van der Waals surface area contributed by atoms with Crippen molar-refractivity contribution < 1.29 is 0 Å². The predicted molar refractivity (Wildman–Crippen MR) is 99.2 cm³/mol. The zero-order valence-electron chi connectivity index (χ0n) is 13.5. The molecule has 1 unspecified atom stereocenters. The minimum atomic E-state index is 0.742. The van der Waals surface area contributed by atoms with Crippen molar-refractivity contribution in [1.29, 1.82) is 0 Å². The van der Waals surface area contributed by atoms with Crippen LogP contribution < -0.4 is 0 Å². The quantitative estimate of drug-likeness (QED) is 0.635. The highest BCUT2D eigenvalue weighted by Crippen LogP contribution is 2.14. The Labute approximate surface area is 140 Å². The number of thiol groups is 1. The highest BCUT2D eigenvalue weighted by Gasteiger charge is 2.09. The molecule has 0 aliphatic rings. The lowest BCUT2D eigenvalue weighted by atomic mass is 10.0. The Morgan fingerprint density at radius 2 is 1.32 bits per heavy atom. The Morgan fingerprint density at radius 3 is 1.77 bits per heavy atom. The SMILES string of the molecule is CC(CCS)CCN(Cc1ccccc1)Cc1ccccc1. The van der Waals surface area contributed by atoms with Crippen LogP contribution in [-0.4, -0.2) is 17.2 Å². The lowest BCUT2D eigenvalue weighted by molar-refractivity contribution is 0.237. The largest absolute Gasteiger partial charge is 0.295 e. The van der Waals surface area contributed by atoms with Gasteiger partial charge < -0.3 is 0 Å². The third-order valence-corrected chi connectivity index (χ3v) is 4.32. The van der Waals surface area contributed by atoms with E-state index in [4.69, 9.17) is 0 Å². The molecule has 0 fully saturated rings. The molecule has 2 aromatic rings. The van der Waals surface area contributed by atoms with Crippen molar-refractivity contribution in [2.24, 2.45) is 5.92 Å². The topological polar surface area (TPSA) is 3.24 Å². The summed E-state index contributed by atoms with van der Waals surface area (Å²) in [6.07, 6.45) is 2.44. The van der Waals surface area contributed by atoms with Crippen LogP contribution in [0.1, 0.15) is 30.9 Å². The average molecular weight is 314 g/mol. The fraction of sp³-hybridized carbons (Fsp3) is 0.400. The van der Waals surface area contributed by atoms with Crippen molar-refractivity contribution in [3.05, 3.63) is 71.8 Å². The zero-order chi connectivity index (χ0) is 15.6. The van der Waals surface area contributed by atoms with E-state index in [0.29, 0.717) is 0 Å². The number of benzene rings is 2. The van der Waals surface area contributed by atoms with Gasteiger partial charge in [-0.3, -0.25) is 4.90 Å². The molecule has 0 N–H and O–H groups in total. The van der Waals surface area contributed by atoms with Crippen molar-refractivity contribution in [2.45, 2.75) is 32.9 Å². The first-order chi connectivity index (χ1) is 10.8. The first-order valence-corrected chi connectivity index (χ1v) is 8.82. The van der Waals surface area contributed by atoms with Crippen LogP contribution in [0.2, 0.25) is 0 Å². The summed E-state index contributed by atoms with van der Waals surface area (Å²) < 4.78 is 0. The second-order valence-electron chi connectivity index (χ2n) is 6.09. The van der Waals surface area contributed by atoms with E-state index in [1.54, 1.807) is 0 Å². The molecule has 0 aliphatic heterocycles. The van der Waals surface area contributed by atoms with Gasteiger partial charge in [0.2, 0.25) is 0 Å². The minimum absolute atomic E-state index is 0.742. The van der Waals surface area contributed by atoms with Gasteiger partial charge in [-0.2, -0.15) is 12.6 Å². The highest BCUT2D eigenvalue weighted by atomic mass is 32.1. The molecule has 0 bridgehead atoms. The maximum atomic E-state index is 4.35. The highest BCUT2D eigenvalue weighted by molar-refractivity contribution is 7.80. The van der Waals surface area contributed by atoms with Crippen LogP contribution in [0, 0.1) is 5.92 Å². The second-order valence-corrected chi connectivity index (χ2v) is 6.54. The monoisotopic (exact) mass is 313 g/mol. The smallest absolute Gasteiger partial charge is 0.0237 e. The van der Waals surface area contributed by atoms with Gasteiger partial charge in [-0.25, -0.2) is 0 Å². The molecule has 0 radical (unpaired) electrons. The Balaban J connectivity index is 1.97. The van der Waals surface area contributed by atoms with E-state index >= 15 is 0 Å². The second kappa shape index (κ2) is 9.70. The molecule has 0 aromatic heterocycles. The normalized spacial score (nSPS) is 12.5. The fourth-order valence-electron chi connectivity index (χ4n) is 2.66. The standard InChI is InChI=1S/C20H27NS/c1-18(13-15-22)12-14-21(16-19-8-4-2-5-9-19)17-20-10-6-3-7-11-20/h2-11,18,22H,12-17H2,1H3. The van der Waals surface area contributed by atoms with Crippen LogP contribution in [-0.2, 0) is 13.1 Å². The van der Waals surface area contributed by atoms with Crippen molar-refractivity contribution in [1.82, 2.24) is 4.90 Å². The lowest BCUT2D eigenvalue weighted by Gasteiger charge is -2.24. The summed E-state index contributed by atoms with van der Waals surface area (Å²) in [6, 6.07) is 21.5. The van der Waals surface area contributed by atoms with Gasteiger partial charge in [0.25, 0.3) is 0 Å². The maximum absolute atomic E-state index is 4.35. The van der Waals surface area contributed by atoms with Gasteiger partial charge >= 0.3 is 0 Å². The molecule has 0 saturated heterocycles. The summed E-state index contributed by atoms with van der Waals surface area (Å²) in [5.74, 6) is 1.73. The molecule has 0 heterocycles. The molecule has 2 aromatic carbocycles. The van der Waals surface area contributed by atoms with Crippen LogP contribution in [0.4, 0.5) is 0 Å². The Bertz CT molecular complexity index is 470. The summed E-state index contributed by atoms with van der Waals surface area (Å²) in [5.41, 5.74) is 2.78. The molecule has 1 nitrogen and oxygen atoms in total. The van der Waals surface area contributed by atoms with Crippen molar-refractivity contribution in [3.63, 3.8) is 0 Å². The van der Waals surface area contributed by atoms with Crippen molar-refractivity contribution in [2.75, 3.05) is 12.3 Å². The van der Waals surface area contributed by atoms with Gasteiger partial charge in [-0.05, 0) is 42.2 Å². The molecule has 1 atom stereocenters. The van der Waals surface area contributed by atoms with Gasteiger partial charge in [0, 0.05) is 13.1 Å². The summed E-state index contributed by atoms with van der Waals surface area (Å²) in [5, 5.41) is 0. The predicted octanol–water partition coefficient (Wildman–Crippen LogP) is 5.03. The van der Waals surface area contributed by atoms with Crippen LogP contribution >= 0.6 is 12.6 Å². The third-order valence-electron chi connectivity index (χ3n) is 4.06. The molecule has 0 aliphatic carbocycles. The number of hydrogen-bond donors (Lipinski definition) is 1. The summed E-state index contributed by atoms with van der Waals surface area (Å²) in [6.45, 7) is 5.50. The van der Waals surface area contributed by atoms with Crippen LogP contribution in [0.3, 0.4) is 0 Å². The van der Waals surface area contributed by atoms with E-state index in [1.165, 1.54) is 24.0 Å². The maximum Gasteiger partial charge on any atom is 0.0237 e.